The molecule has 0 radical (unpaired) electrons. The van der Waals surface area contributed by atoms with E-state index in [4.69, 9.17) is 0 Å². The molecule has 0 bridgehead atoms. The molecule has 1 aliphatic heterocycles. The maximum absolute atomic E-state index is 9.81. The highest BCUT2D eigenvalue weighted by molar-refractivity contribution is 4.97. The summed E-state index contributed by atoms with van der Waals surface area (Å²) in [5, 5.41) is 13.4. The van der Waals surface area contributed by atoms with Gasteiger partial charge < -0.3 is 10.4 Å². The quantitative estimate of drug-likeness (QED) is 0.821. The van der Waals surface area contributed by atoms with Gasteiger partial charge in [0.2, 0.25) is 0 Å². The molecule has 3 nitrogen and oxygen atoms in total. The van der Waals surface area contributed by atoms with Crippen molar-refractivity contribution in [3.8, 4) is 0 Å². The molecule has 4 unspecified atom stereocenters. The fraction of sp³-hybridized carbons (Fsp3) is 1.00. The molecule has 0 aromatic carbocycles. The van der Waals surface area contributed by atoms with E-state index in [-0.39, 0.29) is 12.1 Å². The molecule has 1 aliphatic carbocycles. The minimum Gasteiger partial charge on any atom is -0.394 e. The van der Waals surface area contributed by atoms with E-state index in [1.165, 1.54) is 32.4 Å². The summed E-state index contributed by atoms with van der Waals surface area (Å²) in [5.41, 5.74) is -0.0123. The van der Waals surface area contributed by atoms with Gasteiger partial charge in [-0.05, 0) is 50.5 Å². The van der Waals surface area contributed by atoms with Crippen molar-refractivity contribution >= 4 is 0 Å². The van der Waals surface area contributed by atoms with Crippen molar-refractivity contribution < 1.29 is 5.11 Å². The van der Waals surface area contributed by atoms with Gasteiger partial charge in [-0.25, -0.2) is 0 Å². The second kappa shape index (κ2) is 6.55. The molecule has 2 rings (SSSR count). The lowest BCUT2D eigenvalue weighted by atomic mass is 9.77. The van der Waals surface area contributed by atoms with Crippen molar-refractivity contribution in [1.82, 2.24) is 10.2 Å². The van der Waals surface area contributed by atoms with Crippen LogP contribution in [0.4, 0.5) is 0 Å². The van der Waals surface area contributed by atoms with Gasteiger partial charge in [0.05, 0.1) is 6.61 Å². The van der Waals surface area contributed by atoms with Crippen LogP contribution < -0.4 is 5.32 Å². The summed E-state index contributed by atoms with van der Waals surface area (Å²) < 4.78 is 0. The highest BCUT2D eigenvalue weighted by Crippen LogP contribution is 2.34. The molecule has 0 spiro atoms. The Morgan fingerprint density at radius 1 is 1.26 bits per heavy atom. The third-order valence-corrected chi connectivity index (χ3v) is 5.09. The molecule has 1 saturated carbocycles. The van der Waals surface area contributed by atoms with Crippen molar-refractivity contribution in [2.45, 2.75) is 64.5 Å². The number of likely N-dealkylation sites (N-methyl/N-ethyl adjacent to an activating group) is 1. The first-order valence-corrected chi connectivity index (χ1v) is 8.18. The van der Waals surface area contributed by atoms with Gasteiger partial charge in [-0.15, -0.1) is 0 Å². The van der Waals surface area contributed by atoms with E-state index in [0.29, 0.717) is 6.04 Å². The first-order valence-electron chi connectivity index (χ1n) is 8.18. The average Bonchev–Trinajstić information content (AvgIpc) is 2.38. The van der Waals surface area contributed by atoms with Crippen LogP contribution in [-0.4, -0.2) is 47.8 Å². The molecular weight excluding hydrogens is 236 g/mol. The molecule has 3 heteroatoms. The van der Waals surface area contributed by atoms with Crippen LogP contribution in [0.15, 0.2) is 0 Å². The summed E-state index contributed by atoms with van der Waals surface area (Å²) in [5.74, 6) is 1.65. The molecule has 0 aromatic heterocycles. The topological polar surface area (TPSA) is 35.5 Å². The summed E-state index contributed by atoms with van der Waals surface area (Å²) >= 11 is 0. The molecule has 1 heterocycles. The molecule has 0 aromatic rings. The zero-order valence-electron chi connectivity index (χ0n) is 13.0. The van der Waals surface area contributed by atoms with Gasteiger partial charge in [0.1, 0.15) is 0 Å². The second-order valence-electron chi connectivity index (χ2n) is 7.12. The Labute approximate surface area is 118 Å². The zero-order chi connectivity index (χ0) is 13.9. The molecule has 0 amide bonds. The van der Waals surface area contributed by atoms with E-state index in [9.17, 15) is 5.11 Å². The molecule has 2 aliphatic rings. The van der Waals surface area contributed by atoms with E-state index in [2.05, 4.69) is 31.0 Å². The number of likely N-dealkylation sites (tertiary alicyclic amines) is 1. The number of hydrogen-bond donors (Lipinski definition) is 2. The normalized spacial score (nSPS) is 41.4. The van der Waals surface area contributed by atoms with E-state index >= 15 is 0 Å². The Morgan fingerprint density at radius 2 is 1.95 bits per heavy atom. The third-order valence-electron chi connectivity index (χ3n) is 5.09. The van der Waals surface area contributed by atoms with E-state index in [1.54, 1.807) is 0 Å². The fourth-order valence-electron chi connectivity index (χ4n) is 4.39. The number of rotatable bonds is 4. The van der Waals surface area contributed by atoms with Crippen molar-refractivity contribution in [2.75, 3.05) is 26.2 Å². The summed E-state index contributed by atoms with van der Waals surface area (Å²) in [6, 6.07) is 0.671. The van der Waals surface area contributed by atoms with Crippen LogP contribution in [0.2, 0.25) is 0 Å². The maximum atomic E-state index is 9.81. The lowest BCUT2D eigenvalue weighted by Gasteiger charge is -2.47. The predicted molar refractivity (Wildman–Crippen MR) is 80.3 cm³/mol. The Hall–Kier alpha value is -0.120. The highest BCUT2D eigenvalue weighted by Gasteiger charge is 2.38. The SMILES string of the molecule is CCNC1(CO)CCCC(N2CC(C)CC(C)C2)C1. The largest absolute Gasteiger partial charge is 0.394 e. The summed E-state index contributed by atoms with van der Waals surface area (Å²) in [6.07, 6.45) is 6.19. The lowest BCUT2D eigenvalue weighted by molar-refractivity contribution is 0.0284. The Kier molecular flexibility index (Phi) is 5.27. The number of aliphatic hydroxyl groups excluding tert-OH is 1. The van der Waals surface area contributed by atoms with Gasteiger partial charge in [0, 0.05) is 24.7 Å². The van der Waals surface area contributed by atoms with E-state index in [1.807, 2.05) is 0 Å². The van der Waals surface area contributed by atoms with Gasteiger partial charge in [-0.1, -0.05) is 20.8 Å². The van der Waals surface area contributed by atoms with Crippen LogP contribution in [0.5, 0.6) is 0 Å². The van der Waals surface area contributed by atoms with E-state index in [0.717, 1.165) is 31.2 Å². The number of piperidine rings is 1. The Bertz CT molecular complexity index is 270. The van der Waals surface area contributed by atoms with Crippen LogP contribution in [-0.2, 0) is 0 Å². The van der Waals surface area contributed by atoms with Crippen molar-refractivity contribution in [3.05, 3.63) is 0 Å². The van der Waals surface area contributed by atoms with Crippen LogP contribution >= 0.6 is 0 Å². The van der Waals surface area contributed by atoms with E-state index < -0.39 is 0 Å². The van der Waals surface area contributed by atoms with Crippen molar-refractivity contribution in [1.29, 1.82) is 0 Å². The van der Waals surface area contributed by atoms with Gasteiger partial charge in [-0.2, -0.15) is 0 Å². The van der Waals surface area contributed by atoms with Gasteiger partial charge in [-0.3, -0.25) is 4.90 Å². The first-order chi connectivity index (χ1) is 9.08. The highest BCUT2D eigenvalue weighted by atomic mass is 16.3. The van der Waals surface area contributed by atoms with Crippen LogP contribution in [0, 0.1) is 11.8 Å². The number of nitrogens with one attached hydrogen (secondary N) is 1. The standard InChI is InChI=1S/C16H32N2O/c1-4-17-16(12-19)7-5-6-15(9-16)18-10-13(2)8-14(3)11-18/h13-15,17,19H,4-12H2,1-3H3. The van der Waals surface area contributed by atoms with Gasteiger partial charge in [0.25, 0.3) is 0 Å². The van der Waals surface area contributed by atoms with Gasteiger partial charge in [0.15, 0.2) is 0 Å². The lowest BCUT2D eigenvalue weighted by Crippen LogP contribution is -2.57. The van der Waals surface area contributed by atoms with Crippen LogP contribution in [0.25, 0.3) is 0 Å². The third kappa shape index (κ3) is 3.71. The molecule has 2 N–H and O–H groups in total. The second-order valence-corrected chi connectivity index (χ2v) is 7.12. The molecule has 1 saturated heterocycles. The smallest absolute Gasteiger partial charge is 0.0613 e. The molecule has 2 fully saturated rings. The number of hydrogen-bond acceptors (Lipinski definition) is 3. The summed E-state index contributed by atoms with van der Waals surface area (Å²) in [4.78, 5) is 2.71. The minimum absolute atomic E-state index is 0.0123. The zero-order valence-corrected chi connectivity index (χ0v) is 13.0. The van der Waals surface area contributed by atoms with Crippen LogP contribution in [0.1, 0.15) is 52.9 Å². The predicted octanol–water partition coefficient (Wildman–Crippen LogP) is 2.25. The number of nitrogens with zero attached hydrogens (tertiary/aromatic N) is 1. The Balaban J connectivity index is 1.99. The Morgan fingerprint density at radius 3 is 2.53 bits per heavy atom. The first kappa shape index (κ1) is 15.3. The monoisotopic (exact) mass is 268 g/mol. The van der Waals surface area contributed by atoms with Crippen molar-refractivity contribution in [3.63, 3.8) is 0 Å². The average molecular weight is 268 g/mol. The molecule has 19 heavy (non-hydrogen) atoms. The number of aliphatic hydroxyl groups is 1. The summed E-state index contributed by atoms with van der Waals surface area (Å²) in [7, 11) is 0. The minimum atomic E-state index is -0.0123. The maximum Gasteiger partial charge on any atom is 0.0613 e. The molecule has 112 valence electrons. The van der Waals surface area contributed by atoms with Gasteiger partial charge >= 0.3 is 0 Å². The summed E-state index contributed by atoms with van der Waals surface area (Å²) in [6.45, 7) is 10.7. The fourth-order valence-corrected chi connectivity index (χ4v) is 4.39. The van der Waals surface area contributed by atoms with Crippen LogP contribution in [0.3, 0.4) is 0 Å². The van der Waals surface area contributed by atoms with Crippen molar-refractivity contribution in [2.24, 2.45) is 11.8 Å². The molecular formula is C16H32N2O. The molecule has 4 atom stereocenters.